The molecular formula is C13H16BrN. The van der Waals surface area contributed by atoms with Crippen LogP contribution in [0.2, 0.25) is 0 Å². The van der Waals surface area contributed by atoms with E-state index in [-0.39, 0.29) is 0 Å². The van der Waals surface area contributed by atoms with Crippen LogP contribution in [0.4, 0.5) is 0 Å². The van der Waals surface area contributed by atoms with Crippen molar-refractivity contribution >= 4 is 15.9 Å². The highest BCUT2D eigenvalue weighted by Crippen LogP contribution is 2.60. The second kappa shape index (κ2) is 3.33. The van der Waals surface area contributed by atoms with Crippen LogP contribution in [0.25, 0.3) is 0 Å². The molecule has 1 aromatic carbocycles. The van der Waals surface area contributed by atoms with E-state index in [1.54, 1.807) is 11.1 Å². The maximum Gasteiger partial charge on any atom is 0.0178 e. The summed E-state index contributed by atoms with van der Waals surface area (Å²) in [6.45, 7) is 0.853. The van der Waals surface area contributed by atoms with Crippen LogP contribution in [0.15, 0.2) is 22.7 Å². The number of halogens is 1. The summed E-state index contributed by atoms with van der Waals surface area (Å²) in [6, 6.07) is 6.77. The predicted octanol–water partition coefficient (Wildman–Crippen LogP) is 3.00. The van der Waals surface area contributed by atoms with Crippen molar-refractivity contribution in [3.8, 4) is 0 Å². The lowest BCUT2D eigenvalue weighted by atomic mass is 9.79. The zero-order valence-corrected chi connectivity index (χ0v) is 10.4. The Bertz CT molecular complexity index is 402. The van der Waals surface area contributed by atoms with Gasteiger partial charge in [0.15, 0.2) is 0 Å². The summed E-state index contributed by atoms with van der Waals surface area (Å²) >= 11 is 3.58. The van der Waals surface area contributed by atoms with Crippen molar-refractivity contribution in [2.45, 2.75) is 31.1 Å². The molecule has 2 aliphatic carbocycles. The van der Waals surface area contributed by atoms with Crippen molar-refractivity contribution in [2.24, 2.45) is 11.7 Å². The van der Waals surface area contributed by atoms with Crippen molar-refractivity contribution < 1.29 is 0 Å². The molecule has 1 fully saturated rings. The first kappa shape index (κ1) is 9.86. The fraction of sp³-hybridized carbons (Fsp3) is 0.538. The summed E-state index contributed by atoms with van der Waals surface area (Å²) in [7, 11) is 0. The first-order valence-corrected chi connectivity index (χ1v) is 6.54. The van der Waals surface area contributed by atoms with Gasteiger partial charge in [0.1, 0.15) is 0 Å². The monoisotopic (exact) mass is 265 g/mol. The van der Waals surface area contributed by atoms with Gasteiger partial charge in [0, 0.05) is 9.89 Å². The van der Waals surface area contributed by atoms with Crippen LogP contribution >= 0.6 is 15.9 Å². The lowest BCUT2D eigenvalue weighted by molar-refractivity contribution is 0.499. The molecule has 1 spiro atoms. The van der Waals surface area contributed by atoms with Gasteiger partial charge in [-0.1, -0.05) is 22.0 Å². The lowest BCUT2D eigenvalue weighted by Gasteiger charge is -2.26. The minimum atomic E-state index is 0.464. The third kappa shape index (κ3) is 1.38. The van der Waals surface area contributed by atoms with Crippen molar-refractivity contribution in [2.75, 3.05) is 6.54 Å². The molecule has 0 heterocycles. The number of fused-ring (bicyclic) bond motifs is 2. The molecule has 0 radical (unpaired) electrons. The molecule has 0 aliphatic heterocycles. The summed E-state index contributed by atoms with van der Waals surface area (Å²) in [5, 5.41) is 0. The standard InChI is InChI=1S/C13H16BrN/c14-11-4-3-9-2-1-5-13(12(9)6-11)7-10(13)8-15/h3-4,6,10H,1-2,5,7-8,15H2. The molecule has 3 rings (SSSR count). The van der Waals surface area contributed by atoms with E-state index in [0.29, 0.717) is 5.41 Å². The number of nitrogens with two attached hydrogens (primary N) is 1. The number of aryl methyl sites for hydroxylation is 1. The van der Waals surface area contributed by atoms with Crippen LogP contribution in [-0.2, 0) is 11.8 Å². The van der Waals surface area contributed by atoms with Crippen LogP contribution in [0.5, 0.6) is 0 Å². The molecule has 1 nitrogen and oxygen atoms in total. The largest absolute Gasteiger partial charge is 0.330 e. The quantitative estimate of drug-likeness (QED) is 0.830. The van der Waals surface area contributed by atoms with E-state index in [2.05, 4.69) is 34.1 Å². The maximum atomic E-state index is 5.82. The van der Waals surface area contributed by atoms with E-state index >= 15 is 0 Å². The van der Waals surface area contributed by atoms with Gasteiger partial charge in [-0.05, 0) is 61.4 Å². The molecule has 0 saturated heterocycles. The first-order valence-electron chi connectivity index (χ1n) is 5.75. The minimum absolute atomic E-state index is 0.464. The van der Waals surface area contributed by atoms with E-state index in [9.17, 15) is 0 Å². The van der Waals surface area contributed by atoms with Crippen LogP contribution in [0.1, 0.15) is 30.4 Å². The van der Waals surface area contributed by atoms with Crippen molar-refractivity contribution in [1.82, 2.24) is 0 Å². The average Bonchev–Trinajstić information content (AvgIpc) is 2.94. The predicted molar refractivity (Wildman–Crippen MR) is 65.9 cm³/mol. The molecule has 0 amide bonds. The zero-order valence-electron chi connectivity index (χ0n) is 8.80. The third-order valence-corrected chi connectivity index (χ3v) is 4.69. The third-order valence-electron chi connectivity index (χ3n) is 4.19. The van der Waals surface area contributed by atoms with E-state index in [1.807, 2.05) is 0 Å². The van der Waals surface area contributed by atoms with Gasteiger partial charge in [-0.15, -0.1) is 0 Å². The number of hydrogen-bond donors (Lipinski definition) is 1. The van der Waals surface area contributed by atoms with Crippen LogP contribution in [-0.4, -0.2) is 6.54 Å². The molecule has 2 unspecified atom stereocenters. The van der Waals surface area contributed by atoms with Crippen LogP contribution in [0.3, 0.4) is 0 Å². The molecule has 15 heavy (non-hydrogen) atoms. The number of hydrogen-bond acceptors (Lipinski definition) is 1. The molecular weight excluding hydrogens is 250 g/mol. The SMILES string of the molecule is NCC1CC12CCCc1ccc(Br)cc12. The van der Waals surface area contributed by atoms with Crippen molar-refractivity contribution in [3.05, 3.63) is 33.8 Å². The highest BCUT2D eigenvalue weighted by atomic mass is 79.9. The summed E-state index contributed by atoms with van der Waals surface area (Å²) in [5.74, 6) is 0.742. The Labute approximate surface area is 99.2 Å². The van der Waals surface area contributed by atoms with E-state index in [0.717, 1.165) is 12.5 Å². The van der Waals surface area contributed by atoms with Gasteiger partial charge in [-0.3, -0.25) is 0 Å². The van der Waals surface area contributed by atoms with Crippen LogP contribution in [0, 0.1) is 5.92 Å². The molecule has 1 saturated carbocycles. The molecule has 2 aliphatic rings. The summed E-state index contributed by atoms with van der Waals surface area (Å²) in [5.41, 5.74) is 9.43. The second-order valence-electron chi connectivity index (χ2n) is 4.95. The number of rotatable bonds is 1. The van der Waals surface area contributed by atoms with Crippen LogP contribution < -0.4 is 5.73 Å². The maximum absolute atomic E-state index is 5.82. The smallest absolute Gasteiger partial charge is 0.0178 e. The Kier molecular flexibility index (Phi) is 2.18. The molecule has 80 valence electrons. The second-order valence-corrected chi connectivity index (χ2v) is 5.86. The van der Waals surface area contributed by atoms with Gasteiger partial charge in [-0.2, -0.15) is 0 Å². The Morgan fingerprint density at radius 1 is 1.47 bits per heavy atom. The molecule has 2 heteroatoms. The van der Waals surface area contributed by atoms with Gasteiger partial charge in [0.2, 0.25) is 0 Å². The van der Waals surface area contributed by atoms with E-state index in [1.165, 1.54) is 30.2 Å². The normalized spacial score (nSPS) is 32.8. The van der Waals surface area contributed by atoms with E-state index in [4.69, 9.17) is 5.73 Å². The van der Waals surface area contributed by atoms with Crippen molar-refractivity contribution in [3.63, 3.8) is 0 Å². The number of benzene rings is 1. The van der Waals surface area contributed by atoms with E-state index < -0.39 is 0 Å². The van der Waals surface area contributed by atoms with Gasteiger partial charge in [0.25, 0.3) is 0 Å². The first-order chi connectivity index (χ1) is 7.26. The molecule has 0 aromatic heterocycles. The topological polar surface area (TPSA) is 26.0 Å². The zero-order chi connectivity index (χ0) is 10.5. The van der Waals surface area contributed by atoms with Gasteiger partial charge in [-0.25, -0.2) is 0 Å². The summed E-state index contributed by atoms with van der Waals surface area (Å²) in [6.07, 6.45) is 5.25. The van der Waals surface area contributed by atoms with Gasteiger partial charge >= 0.3 is 0 Å². The minimum Gasteiger partial charge on any atom is -0.330 e. The lowest BCUT2D eigenvalue weighted by Crippen LogP contribution is -2.21. The fourth-order valence-corrected chi connectivity index (χ4v) is 3.65. The molecule has 2 atom stereocenters. The highest BCUT2D eigenvalue weighted by Gasteiger charge is 2.55. The highest BCUT2D eigenvalue weighted by molar-refractivity contribution is 9.10. The molecule has 0 bridgehead atoms. The van der Waals surface area contributed by atoms with Gasteiger partial charge in [0.05, 0.1) is 0 Å². The average molecular weight is 266 g/mol. The molecule has 2 N–H and O–H groups in total. The Morgan fingerprint density at radius 3 is 3.07 bits per heavy atom. The Morgan fingerprint density at radius 2 is 2.33 bits per heavy atom. The summed E-state index contributed by atoms with van der Waals surface area (Å²) in [4.78, 5) is 0. The fourth-order valence-electron chi connectivity index (χ4n) is 3.28. The summed E-state index contributed by atoms with van der Waals surface area (Å²) < 4.78 is 1.21. The molecule has 1 aromatic rings. The Hall–Kier alpha value is -0.340. The Balaban J connectivity index is 2.07. The van der Waals surface area contributed by atoms with Gasteiger partial charge < -0.3 is 5.73 Å². The van der Waals surface area contributed by atoms with Crippen molar-refractivity contribution in [1.29, 1.82) is 0 Å².